The van der Waals surface area contributed by atoms with Gasteiger partial charge in [-0.3, -0.25) is 5.43 Å². The van der Waals surface area contributed by atoms with Gasteiger partial charge in [0.05, 0.1) is 11.4 Å². The number of halogens is 2. The maximum Gasteiger partial charge on any atom is 0.299 e. The zero-order chi connectivity index (χ0) is 17.7. The summed E-state index contributed by atoms with van der Waals surface area (Å²) in [5, 5.41) is 11.7. The standard InChI is InChI=1S/C15H17F2N6P/c1-4-13-8-12(9-19-22-20-11(3)15(16,17)24)21-23(13)14-10(2)6-5-7-18-14/h4-8H,1,3,9,24H2,2H3,(H,19,20). The Kier molecular flexibility index (Phi) is 5.51. The van der Waals surface area contributed by atoms with Crippen LogP contribution in [0.3, 0.4) is 0 Å². The van der Waals surface area contributed by atoms with E-state index < -0.39 is 11.4 Å². The topological polar surface area (TPSA) is 67.5 Å². The van der Waals surface area contributed by atoms with Crippen LogP contribution in [-0.2, 0) is 6.54 Å². The molecule has 0 aromatic carbocycles. The molecule has 2 heterocycles. The lowest BCUT2D eigenvalue weighted by molar-refractivity contribution is 0.138. The van der Waals surface area contributed by atoms with Crippen molar-refractivity contribution < 1.29 is 8.78 Å². The van der Waals surface area contributed by atoms with E-state index in [1.165, 1.54) is 9.24 Å². The molecule has 0 aliphatic heterocycles. The smallest absolute Gasteiger partial charge is 0.258 e. The van der Waals surface area contributed by atoms with Crippen LogP contribution in [0, 0.1) is 6.92 Å². The molecular formula is C15H17F2N6P. The van der Waals surface area contributed by atoms with Gasteiger partial charge >= 0.3 is 0 Å². The van der Waals surface area contributed by atoms with Gasteiger partial charge in [-0.15, -0.1) is 0 Å². The van der Waals surface area contributed by atoms with Gasteiger partial charge in [-0.25, -0.2) is 9.67 Å². The van der Waals surface area contributed by atoms with Gasteiger partial charge in [0.2, 0.25) is 0 Å². The summed E-state index contributed by atoms with van der Waals surface area (Å²) in [5.41, 5.74) is 0.694. The highest BCUT2D eigenvalue weighted by Gasteiger charge is 2.25. The predicted molar refractivity (Wildman–Crippen MR) is 91.7 cm³/mol. The minimum atomic E-state index is -3.15. The molecule has 0 amide bonds. The number of nitrogens with one attached hydrogen (secondary N) is 1. The van der Waals surface area contributed by atoms with Crippen LogP contribution in [0.2, 0.25) is 0 Å². The largest absolute Gasteiger partial charge is 0.299 e. The van der Waals surface area contributed by atoms with E-state index in [2.05, 4.69) is 39.0 Å². The second kappa shape index (κ2) is 7.40. The molecule has 2 aromatic heterocycles. The number of hydrogen-bond acceptors (Lipinski definition) is 4. The quantitative estimate of drug-likeness (QED) is 0.471. The van der Waals surface area contributed by atoms with Crippen molar-refractivity contribution in [3.05, 3.63) is 60.2 Å². The zero-order valence-corrected chi connectivity index (χ0v) is 14.2. The third-order valence-electron chi connectivity index (χ3n) is 3.07. The Balaban J connectivity index is 2.12. The van der Waals surface area contributed by atoms with E-state index in [0.29, 0.717) is 11.5 Å². The average Bonchev–Trinajstić information content (AvgIpc) is 2.94. The summed E-state index contributed by atoms with van der Waals surface area (Å²) in [4.78, 5) is 4.31. The molecule has 2 rings (SSSR count). The van der Waals surface area contributed by atoms with Gasteiger partial charge in [0, 0.05) is 6.20 Å². The Morgan fingerprint density at radius 3 is 2.92 bits per heavy atom. The summed E-state index contributed by atoms with van der Waals surface area (Å²) in [6.07, 6.45) is 3.32. The summed E-state index contributed by atoms with van der Waals surface area (Å²) in [6.45, 7) is 8.97. The maximum atomic E-state index is 12.9. The lowest BCUT2D eigenvalue weighted by Gasteiger charge is -2.10. The molecule has 126 valence electrons. The molecule has 0 radical (unpaired) electrons. The molecule has 0 fully saturated rings. The third-order valence-corrected chi connectivity index (χ3v) is 3.42. The number of aryl methyl sites for hydroxylation is 1. The highest BCUT2D eigenvalue weighted by Crippen LogP contribution is 2.27. The first-order valence-electron chi connectivity index (χ1n) is 6.95. The molecule has 0 aliphatic carbocycles. The second-order valence-corrected chi connectivity index (χ2v) is 5.66. The Morgan fingerprint density at radius 2 is 2.29 bits per heavy atom. The number of rotatable bonds is 7. The molecule has 6 nitrogen and oxygen atoms in total. The minimum Gasteiger partial charge on any atom is -0.258 e. The maximum absolute atomic E-state index is 12.9. The predicted octanol–water partition coefficient (Wildman–Crippen LogP) is 3.66. The molecule has 1 unspecified atom stereocenters. The number of hydrogen-bond donors (Lipinski definition) is 1. The van der Waals surface area contributed by atoms with Crippen LogP contribution in [0.1, 0.15) is 17.0 Å². The van der Waals surface area contributed by atoms with Crippen LogP contribution in [0.15, 0.2) is 53.6 Å². The normalized spacial score (nSPS) is 11.7. The summed E-state index contributed by atoms with van der Waals surface area (Å²) in [7, 11) is 1.37. The van der Waals surface area contributed by atoms with E-state index in [9.17, 15) is 8.78 Å². The molecule has 9 heteroatoms. The number of alkyl halides is 2. The van der Waals surface area contributed by atoms with E-state index in [1.54, 1.807) is 23.0 Å². The molecule has 0 saturated carbocycles. The highest BCUT2D eigenvalue weighted by atomic mass is 31.0. The van der Waals surface area contributed by atoms with Crippen molar-refractivity contribution in [2.45, 2.75) is 19.1 Å². The van der Waals surface area contributed by atoms with E-state index in [-0.39, 0.29) is 6.54 Å². The molecule has 24 heavy (non-hydrogen) atoms. The SMILES string of the molecule is C=Cc1cc(CN=NNC(=C)C(F)(F)P)nn1-c1ncccc1C. The summed E-state index contributed by atoms with van der Waals surface area (Å²) in [5.74, 6) is 0.685. The Hall–Kier alpha value is -2.47. The van der Waals surface area contributed by atoms with Crippen LogP contribution >= 0.6 is 9.24 Å². The highest BCUT2D eigenvalue weighted by molar-refractivity contribution is 7.18. The number of nitrogens with zero attached hydrogens (tertiary/aromatic N) is 5. The molecule has 0 spiro atoms. The van der Waals surface area contributed by atoms with Crippen LogP contribution in [0.5, 0.6) is 0 Å². The van der Waals surface area contributed by atoms with Gasteiger partial charge in [-0.05, 0) is 30.7 Å². The Bertz CT molecular complexity index is 779. The van der Waals surface area contributed by atoms with Gasteiger partial charge < -0.3 is 0 Å². The fourth-order valence-electron chi connectivity index (χ4n) is 1.82. The Labute approximate surface area is 140 Å². The molecule has 1 N–H and O–H groups in total. The van der Waals surface area contributed by atoms with Crippen molar-refractivity contribution in [3.8, 4) is 5.82 Å². The average molecular weight is 350 g/mol. The Morgan fingerprint density at radius 1 is 1.54 bits per heavy atom. The zero-order valence-electron chi connectivity index (χ0n) is 13.1. The fraction of sp³-hybridized carbons (Fsp3) is 0.200. The van der Waals surface area contributed by atoms with Gasteiger partial charge in [-0.2, -0.15) is 19.0 Å². The fourth-order valence-corrected chi connectivity index (χ4v) is 1.88. The first-order chi connectivity index (χ1) is 11.3. The van der Waals surface area contributed by atoms with Crippen LogP contribution in [-0.4, -0.2) is 20.4 Å². The molecular weight excluding hydrogens is 333 g/mol. The number of aromatic nitrogens is 3. The van der Waals surface area contributed by atoms with E-state index in [4.69, 9.17) is 0 Å². The van der Waals surface area contributed by atoms with Crippen molar-refractivity contribution in [1.29, 1.82) is 0 Å². The van der Waals surface area contributed by atoms with Crippen molar-refractivity contribution in [1.82, 2.24) is 20.2 Å². The summed E-state index contributed by atoms with van der Waals surface area (Å²) >= 11 is 0. The minimum absolute atomic E-state index is 0.114. The van der Waals surface area contributed by atoms with Crippen molar-refractivity contribution in [2.75, 3.05) is 0 Å². The van der Waals surface area contributed by atoms with Gasteiger partial charge in [0.25, 0.3) is 5.66 Å². The second-order valence-electron chi connectivity index (χ2n) is 4.93. The first-order valence-corrected chi connectivity index (χ1v) is 7.52. The van der Waals surface area contributed by atoms with Gasteiger partial charge in [-0.1, -0.05) is 33.7 Å². The lowest BCUT2D eigenvalue weighted by atomic mass is 10.3. The van der Waals surface area contributed by atoms with Crippen molar-refractivity contribution in [3.63, 3.8) is 0 Å². The number of allylic oxidation sites excluding steroid dienone is 1. The first kappa shape index (κ1) is 17.9. The third kappa shape index (κ3) is 4.29. The van der Waals surface area contributed by atoms with Gasteiger partial charge in [0.15, 0.2) is 5.82 Å². The van der Waals surface area contributed by atoms with Crippen molar-refractivity contribution >= 4 is 15.3 Å². The summed E-state index contributed by atoms with van der Waals surface area (Å²) < 4.78 is 27.4. The lowest BCUT2D eigenvalue weighted by Crippen LogP contribution is -2.19. The van der Waals surface area contributed by atoms with Crippen LogP contribution in [0.25, 0.3) is 11.9 Å². The van der Waals surface area contributed by atoms with Crippen LogP contribution in [0.4, 0.5) is 8.78 Å². The summed E-state index contributed by atoms with van der Waals surface area (Å²) in [6, 6.07) is 5.54. The van der Waals surface area contributed by atoms with Gasteiger partial charge in [0.1, 0.15) is 12.2 Å². The van der Waals surface area contributed by atoms with E-state index >= 15 is 0 Å². The van der Waals surface area contributed by atoms with Crippen LogP contribution < -0.4 is 5.43 Å². The molecule has 0 aliphatic rings. The molecule has 2 aromatic rings. The molecule has 0 bridgehead atoms. The number of pyridine rings is 1. The molecule has 0 saturated heterocycles. The molecule has 1 atom stereocenters. The van der Waals surface area contributed by atoms with Crippen molar-refractivity contribution in [2.24, 2.45) is 10.3 Å². The monoisotopic (exact) mass is 350 g/mol. The van der Waals surface area contributed by atoms with E-state index in [1.807, 2.05) is 19.1 Å². The van der Waals surface area contributed by atoms with E-state index in [0.717, 1.165) is 11.3 Å².